The quantitative estimate of drug-likeness (QED) is 0.491. The second kappa shape index (κ2) is 10.7. The highest BCUT2D eigenvalue weighted by molar-refractivity contribution is 5.94. The topological polar surface area (TPSA) is 55.4 Å². The van der Waals surface area contributed by atoms with E-state index in [9.17, 15) is 18.4 Å². The first-order chi connectivity index (χ1) is 15.0. The number of hydrogen-bond donors (Lipinski definition) is 1. The Hall–Kier alpha value is -2.76. The number of ether oxygens (including phenoxy) is 1. The molecule has 0 radical (unpaired) electrons. The number of rotatable bonds is 9. The lowest BCUT2D eigenvalue weighted by Crippen LogP contribution is -2.55. The fraction of sp³-hybridized carbons (Fsp3) is 0.462. The Kier molecular flexibility index (Phi) is 8.53. The van der Waals surface area contributed by atoms with E-state index in [0.29, 0.717) is 5.56 Å². The zero-order chi connectivity index (χ0) is 24.1. The van der Waals surface area contributed by atoms with Gasteiger partial charge in [-0.3, -0.25) is 4.79 Å². The fourth-order valence-electron chi connectivity index (χ4n) is 4.40. The molecule has 0 spiro atoms. The maximum absolute atomic E-state index is 13.3. The van der Waals surface area contributed by atoms with E-state index < -0.39 is 29.1 Å². The largest absolute Gasteiger partial charge is 0.458 e. The molecule has 0 bridgehead atoms. The van der Waals surface area contributed by atoms with Gasteiger partial charge in [-0.2, -0.15) is 0 Å². The van der Waals surface area contributed by atoms with E-state index in [4.69, 9.17) is 4.74 Å². The summed E-state index contributed by atoms with van der Waals surface area (Å²) in [5, 5.41) is 2.98. The van der Waals surface area contributed by atoms with Gasteiger partial charge in [0, 0.05) is 17.5 Å². The van der Waals surface area contributed by atoms with Gasteiger partial charge in [-0.25, -0.2) is 13.6 Å². The minimum absolute atomic E-state index is 0.0353. The molecular weight excluding hydrogens is 412 g/mol. The van der Waals surface area contributed by atoms with Crippen molar-refractivity contribution in [2.45, 2.75) is 47.6 Å². The summed E-state index contributed by atoms with van der Waals surface area (Å²) in [7, 11) is 0. The monoisotopic (exact) mass is 445 g/mol. The van der Waals surface area contributed by atoms with Gasteiger partial charge in [-0.05, 0) is 66.3 Å². The van der Waals surface area contributed by atoms with Crippen molar-refractivity contribution >= 4 is 11.9 Å². The molecule has 6 heteroatoms. The van der Waals surface area contributed by atoms with Crippen LogP contribution < -0.4 is 5.32 Å². The standard InChI is InChI=1S/C26H33F2NO3/c1-16(2)23(32-25(31)20-9-13-22(28)14-10-20)26(17(3)4,18(5)6)15-29-24(30)19-7-11-21(27)12-8-19/h7-14,16-18,23H,15H2,1-6H3,(H,29,30). The maximum Gasteiger partial charge on any atom is 0.338 e. The molecule has 0 aliphatic rings. The molecule has 1 atom stereocenters. The van der Waals surface area contributed by atoms with Gasteiger partial charge in [0.2, 0.25) is 0 Å². The molecule has 2 aromatic rings. The Balaban J connectivity index is 2.33. The highest BCUT2D eigenvalue weighted by Crippen LogP contribution is 2.43. The number of nitrogens with one attached hydrogen (secondary N) is 1. The average Bonchev–Trinajstić information content (AvgIpc) is 2.73. The van der Waals surface area contributed by atoms with E-state index in [2.05, 4.69) is 5.32 Å². The average molecular weight is 446 g/mol. The predicted octanol–water partition coefficient (Wildman–Crippen LogP) is 5.87. The summed E-state index contributed by atoms with van der Waals surface area (Å²) in [5.41, 5.74) is 0.0607. The molecule has 1 amide bonds. The van der Waals surface area contributed by atoms with Crippen LogP contribution in [0.5, 0.6) is 0 Å². The number of benzene rings is 2. The second-order valence-electron chi connectivity index (χ2n) is 9.19. The highest BCUT2D eigenvalue weighted by Gasteiger charge is 2.48. The summed E-state index contributed by atoms with van der Waals surface area (Å²) in [6.45, 7) is 12.4. The number of amides is 1. The summed E-state index contributed by atoms with van der Waals surface area (Å²) >= 11 is 0. The lowest BCUT2D eigenvalue weighted by molar-refractivity contribution is -0.0823. The number of carbonyl (C=O) groups excluding carboxylic acids is 2. The lowest BCUT2D eigenvalue weighted by atomic mass is 9.62. The smallest absolute Gasteiger partial charge is 0.338 e. The Morgan fingerprint density at radius 1 is 0.812 bits per heavy atom. The van der Waals surface area contributed by atoms with Gasteiger partial charge >= 0.3 is 5.97 Å². The molecule has 32 heavy (non-hydrogen) atoms. The zero-order valence-electron chi connectivity index (χ0n) is 19.6. The van der Waals surface area contributed by atoms with Crippen molar-refractivity contribution in [2.75, 3.05) is 6.54 Å². The third-order valence-electron chi connectivity index (χ3n) is 6.26. The molecule has 0 saturated carbocycles. The van der Waals surface area contributed by atoms with Gasteiger partial charge in [-0.15, -0.1) is 0 Å². The van der Waals surface area contributed by atoms with Gasteiger partial charge < -0.3 is 10.1 Å². The summed E-state index contributed by atoms with van der Waals surface area (Å²) in [5.74, 6) is -1.60. The molecule has 0 aliphatic carbocycles. The van der Waals surface area contributed by atoms with Crippen molar-refractivity contribution in [3.05, 3.63) is 71.3 Å². The van der Waals surface area contributed by atoms with Crippen molar-refractivity contribution < 1.29 is 23.1 Å². The van der Waals surface area contributed by atoms with Gasteiger partial charge in [-0.1, -0.05) is 41.5 Å². The highest BCUT2D eigenvalue weighted by atomic mass is 19.1. The Morgan fingerprint density at radius 3 is 1.66 bits per heavy atom. The van der Waals surface area contributed by atoms with E-state index in [-0.39, 0.29) is 35.8 Å². The van der Waals surface area contributed by atoms with Crippen molar-refractivity contribution in [3.8, 4) is 0 Å². The molecule has 4 nitrogen and oxygen atoms in total. The third-order valence-corrected chi connectivity index (χ3v) is 6.26. The lowest BCUT2D eigenvalue weighted by Gasteiger charge is -2.48. The van der Waals surface area contributed by atoms with Crippen LogP contribution in [0.4, 0.5) is 8.78 Å². The van der Waals surface area contributed by atoms with Crippen LogP contribution in [-0.2, 0) is 4.74 Å². The van der Waals surface area contributed by atoms with Gasteiger partial charge in [0.25, 0.3) is 5.91 Å². The Bertz CT molecular complexity index is 898. The molecule has 0 aromatic heterocycles. The van der Waals surface area contributed by atoms with Gasteiger partial charge in [0.05, 0.1) is 5.56 Å². The van der Waals surface area contributed by atoms with Crippen molar-refractivity contribution in [1.82, 2.24) is 5.32 Å². The molecular formula is C26H33F2NO3. The van der Waals surface area contributed by atoms with E-state index in [1.807, 2.05) is 41.5 Å². The molecule has 2 aromatic carbocycles. The van der Waals surface area contributed by atoms with Crippen LogP contribution in [0.1, 0.15) is 62.3 Å². The molecule has 0 fully saturated rings. The van der Waals surface area contributed by atoms with Crippen LogP contribution >= 0.6 is 0 Å². The summed E-state index contributed by atoms with van der Waals surface area (Å²) in [4.78, 5) is 25.6. The van der Waals surface area contributed by atoms with Crippen LogP contribution in [0.25, 0.3) is 0 Å². The summed E-state index contributed by atoms with van der Waals surface area (Å²) < 4.78 is 32.5. The molecule has 1 N–H and O–H groups in total. The van der Waals surface area contributed by atoms with Crippen molar-refractivity contribution in [3.63, 3.8) is 0 Å². The zero-order valence-corrected chi connectivity index (χ0v) is 19.6. The Morgan fingerprint density at radius 2 is 1.25 bits per heavy atom. The number of halogens is 2. The van der Waals surface area contributed by atoms with E-state index >= 15 is 0 Å². The minimum atomic E-state index is -0.570. The molecule has 0 saturated heterocycles. The normalized spacial score (nSPS) is 12.8. The van der Waals surface area contributed by atoms with Crippen LogP contribution in [-0.4, -0.2) is 24.5 Å². The molecule has 174 valence electrons. The third kappa shape index (κ3) is 5.72. The first-order valence-corrected chi connectivity index (χ1v) is 11.0. The molecule has 0 heterocycles. The van der Waals surface area contributed by atoms with Crippen LogP contribution in [0.3, 0.4) is 0 Å². The van der Waals surface area contributed by atoms with Crippen molar-refractivity contribution in [2.24, 2.45) is 23.2 Å². The fourth-order valence-corrected chi connectivity index (χ4v) is 4.40. The Labute approximate surface area is 189 Å². The van der Waals surface area contributed by atoms with E-state index in [1.54, 1.807) is 0 Å². The van der Waals surface area contributed by atoms with Crippen molar-refractivity contribution in [1.29, 1.82) is 0 Å². The van der Waals surface area contributed by atoms with Crippen LogP contribution in [0.15, 0.2) is 48.5 Å². The first-order valence-electron chi connectivity index (χ1n) is 11.0. The van der Waals surface area contributed by atoms with E-state index in [1.165, 1.54) is 48.5 Å². The number of esters is 1. The van der Waals surface area contributed by atoms with Gasteiger partial charge in [0.1, 0.15) is 17.7 Å². The molecule has 1 unspecified atom stereocenters. The summed E-state index contributed by atoms with van der Waals surface area (Å²) in [6.07, 6.45) is -0.506. The molecule has 2 rings (SSSR count). The predicted molar refractivity (Wildman–Crippen MR) is 121 cm³/mol. The second-order valence-corrected chi connectivity index (χ2v) is 9.19. The minimum Gasteiger partial charge on any atom is -0.458 e. The SMILES string of the molecule is CC(C)C(OC(=O)c1ccc(F)cc1)C(CNC(=O)c1ccc(F)cc1)(C(C)C)C(C)C. The number of hydrogen-bond acceptors (Lipinski definition) is 3. The van der Waals surface area contributed by atoms with Crippen LogP contribution in [0, 0.1) is 34.8 Å². The number of carbonyl (C=O) groups is 2. The van der Waals surface area contributed by atoms with Gasteiger partial charge in [0.15, 0.2) is 0 Å². The first kappa shape index (κ1) is 25.5. The summed E-state index contributed by atoms with van der Waals surface area (Å²) in [6, 6.07) is 10.6. The molecule has 0 aliphatic heterocycles. The van der Waals surface area contributed by atoms with Crippen LogP contribution in [0.2, 0.25) is 0 Å². The maximum atomic E-state index is 13.3. The van der Waals surface area contributed by atoms with E-state index in [0.717, 1.165) is 0 Å².